The van der Waals surface area contributed by atoms with Gasteiger partial charge in [0.15, 0.2) is 0 Å². The molecule has 1 unspecified atom stereocenters. The van der Waals surface area contributed by atoms with Crippen molar-refractivity contribution in [3.63, 3.8) is 0 Å². The fourth-order valence-electron chi connectivity index (χ4n) is 4.72. The predicted octanol–water partition coefficient (Wildman–Crippen LogP) is 5.59. The van der Waals surface area contributed by atoms with Crippen molar-refractivity contribution in [2.24, 2.45) is 0 Å². The molecule has 1 fully saturated rings. The summed E-state index contributed by atoms with van der Waals surface area (Å²) >= 11 is 0. The maximum Gasteiger partial charge on any atom is 0.232 e. The van der Waals surface area contributed by atoms with Gasteiger partial charge in [-0.15, -0.1) is 0 Å². The number of benzene rings is 2. The number of hydrogen-bond donors (Lipinski definition) is 3. The van der Waals surface area contributed by atoms with Crippen LogP contribution < -0.4 is 20.1 Å². The molecule has 1 aliphatic rings. The lowest BCUT2D eigenvalue weighted by molar-refractivity contribution is 0.353. The Kier molecular flexibility index (Phi) is 8.60. The van der Waals surface area contributed by atoms with Crippen LogP contribution in [-0.4, -0.2) is 54.4 Å². The summed E-state index contributed by atoms with van der Waals surface area (Å²) in [7, 11) is -3.99. The number of aromatic nitrogens is 3. The van der Waals surface area contributed by atoms with Crippen LogP contribution in [0.4, 0.5) is 20.4 Å². The van der Waals surface area contributed by atoms with Crippen LogP contribution in [-0.2, 0) is 10.0 Å². The number of anilines is 2. The number of fused-ring (bicyclic) bond motifs is 1. The molecule has 0 saturated carbocycles. The summed E-state index contributed by atoms with van der Waals surface area (Å²) in [5, 5.41) is 7.53. The van der Waals surface area contributed by atoms with Crippen molar-refractivity contribution in [3.05, 3.63) is 66.2 Å². The van der Waals surface area contributed by atoms with Crippen LogP contribution in [0, 0.1) is 12.7 Å². The number of nitrogens with zero attached hydrogens (tertiary/aromatic N) is 3. The molecule has 0 radical (unpaired) electrons. The molecule has 2 aromatic heterocycles. The van der Waals surface area contributed by atoms with Gasteiger partial charge < -0.3 is 15.4 Å². The van der Waals surface area contributed by atoms with E-state index in [1.165, 1.54) is 19.1 Å². The molecule has 41 heavy (non-hydrogen) atoms. The fourth-order valence-corrected chi connectivity index (χ4v) is 5.98. The molecule has 3 N–H and O–H groups in total. The van der Waals surface area contributed by atoms with E-state index in [0.717, 1.165) is 31.5 Å². The molecular weight excluding hydrogens is 550 g/mol. The Hall–Kier alpha value is -3.90. The summed E-state index contributed by atoms with van der Waals surface area (Å²) in [5.74, 6) is -0.0599. The molecule has 0 spiro atoms. The first kappa shape index (κ1) is 28.6. The number of alkyl halides is 1. The number of sulfonamides is 1. The van der Waals surface area contributed by atoms with Crippen LogP contribution in [0.2, 0.25) is 0 Å². The van der Waals surface area contributed by atoms with E-state index in [-0.39, 0.29) is 24.0 Å². The summed E-state index contributed by atoms with van der Waals surface area (Å²) in [5.41, 5.74) is 1.74. The number of piperidine rings is 1. The number of halogens is 2. The van der Waals surface area contributed by atoms with E-state index < -0.39 is 27.8 Å². The average molecular weight is 583 g/mol. The molecule has 12 heteroatoms. The predicted molar refractivity (Wildman–Crippen MR) is 156 cm³/mol. The molecule has 9 nitrogen and oxygen atoms in total. The second-order valence-electron chi connectivity index (χ2n) is 10.1. The Balaban J connectivity index is 1.48. The molecule has 216 valence electrons. The van der Waals surface area contributed by atoms with Crippen molar-refractivity contribution in [3.8, 4) is 22.9 Å². The van der Waals surface area contributed by atoms with Gasteiger partial charge in [0.25, 0.3) is 0 Å². The topological polar surface area (TPSA) is 118 Å². The number of aryl methyl sites for hydroxylation is 1. The highest BCUT2D eigenvalue weighted by atomic mass is 32.2. The van der Waals surface area contributed by atoms with Gasteiger partial charge in [0, 0.05) is 35.8 Å². The smallest absolute Gasteiger partial charge is 0.232 e. The monoisotopic (exact) mass is 582 g/mol. The van der Waals surface area contributed by atoms with Gasteiger partial charge in [-0.05, 0) is 75.5 Å². The zero-order valence-corrected chi connectivity index (χ0v) is 23.6. The highest BCUT2D eigenvalue weighted by Crippen LogP contribution is 2.39. The van der Waals surface area contributed by atoms with Gasteiger partial charge in [-0.1, -0.05) is 12.1 Å². The van der Waals surface area contributed by atoms with Crippen LogP contribution in [0.15, 0.2) is 54.9 Å². The summed E-state index contributed by atoms with van der Waals surface area (Å²) in [4.78, 5) is 13.5. The summed E-state index contributed by atoms with van der Waals surface area (Å²) in [6.45, 7) is 4.95. The molecule has 5 rings (SSSR count). The molecule has 2 aromatic carbocycles. The second kappa shape index (κ2) is 12.3. The quantitative estimate of drug-likeness (QED) is 0.222. The van der Waals surface area contributed by atoms with E-state index in [4.69, 9.17) is 9.72 Å². The van der Waals surface area contributed by atoms with E-state index in [0.29, 0.717) is 33.7 Å². The van der Waals surface area contributed by atoms with Crippen molar-refractivity contribution in [2.45, 2.75) is 45.3 Å². The highest BCUT2D eigenvalue weighted by Gasteiger charge is 2.21. The number of pyridine rings is 1. The Morgan fingerprint density at radius 3 is 2.73 bits per heavy atom. The number of hydrogen-bond acceptors (Lipinski definition) is 8. The van der Waals surface area contributed by atoms with Crippen LogP contribution in [0.5, 0.6) is 11.6 Å². The third-order valence-electron chi connectivity index (χ3n) is 6.87. The SMILES string of the molecule is Cc1ccc2c(NS(=O)(=O)CCC(C)F)c(F)ccc2c1Oc1ncccc1-c1ccnc(N[C@H]2CCCNC2)n1. The van der Waals surface area contributed by atoms with Gasteiger partial charge >= 0.3 is 0 Å². The van der Waals surface area contributed by atoms with E-state index in [2.05, 4.69) is 25.3 Å². The van der Waals surface area contributed by atoms with Crippen molar-refractivity contribution in [2.75, 3.05) is 28.9 Å². The molecule has 1 saturated heterocycles. The number of nitrogens with one attached hydrogen (secondary N) is 3. The Labute approximate surface area is 237 Å². The molecule has 0 bridgehead atoms. The van der Waals surface area contributed by atoms with E-state index in [9.17, 15) is 17.2 Å². The first-order chi connectivity index (χ1) is 19.7. The number of rotatable bonds is 10. The molecule has 0 aliphatic carbocycles. The lowest BCUT2D eigenvalue weighted by Gasteiger charge is -2.23. The van der Waals surface area contributed by atoms with E-state index in [1.54, 1.807) is 36.7 Å². The maximum atomic E-state index is 14.9. The summed E-state index contributed by atoms with van der Waals surface area (Å²) < 4.78 is 62.0. The van der Waals surface area contributed by atoms with Crippen LogP contribution in [0.1, 0.15) is 31.7 Å². The third kappa shape index (κ3) is 6.88. The van der Waals surface area contributed by atoms with E-state index in [1.807, 2.05) is 13.0 Å². The minimum Gasteiger partial charge on any atom is -0.437 e. The molecular formula is C29H32F2N6O3S. The Bertz CT molecular complexity index is 1650. The van der Waals surface area contributed by atoms with Gasteiger partial charge in [0.2, 0.25) is 21.9 Å². The maximum absolute atomic E-state index is 14.9. The lowest BCUT2D eigenvalue weighted by atomic mass is 10.0. The van der Waals surface area contributed by atoms with Crippen molar-refractivity contribution in [1.82, 2.24) is 20.3 Å². The highest BCUT2D eigenvalue weighted by molar-refractivity contribution is 7.92. The first-order valence-electron chi connectivity index (χ1n) is 13.5. The minimum atomic E-state index is -3.99. The van der Waals surface area contributed by atoms with Gasteiger partial charge in [-0.25, -0.2) is 32.2 Å². The second-order valence-corrected chi connectivity index (χ2v) is 12.0. The zero-order valence-electron chi connectivity index (χ0n) is 22.8. The van der Waals surface area contributed by atoms with Crippen LogP contribution in [0.25, 0.3) is 22.0 Å². The standard InChI is InChI=1S/C29H32F2N6O3S/c1-18-7-8-21-22(9-10-24(31)26(21)37-41(38,39)16-12-19(2)30)27(18)40-28-23(6-4-14-33-28)25-11-15-34-29(36-25)35-20-5-3-13-32-17-20/h4,6-11,14-15,19-20,32,37H,3,5,12-13,16-17H2,1-2H3,(H,34,35,36)/t19?,20-/m0/s1. The van der Waals surface area contributed by atoms with E-state index >= 15 is 0 Å². The summed E-state index contributed by atoms with van der Waals surface area (Å²) in [6, 6.07) is 11.7. The molecule has 0 amide bonds. The fraction of sp³-hybridized carbons (Fsp3) is 0.345. The van der Waals surface area contributed by atoms with Gasteiger partial charge in [-0.2, -0.15) is 0 Å². The third-order valence-corrected chi connectivity index (χ3v) is 8.16. The first-order valence-corrected chi connectivity index (χ1v) is 15.2. The summed E-state index contributed by atoms with van der Waals surface area (Å²) in [6.07, 6.45) is 3.87. The van der Waals surface area contributed by atoms with Gasteiger partial charge in [-0.3, -0.25) is 4.72 Å². The van der Waals surface area contributed by atoms with Crippen LogP contribution in [0.3, 0.4) is 0 Å². The molecule has 1 aliphatic heterocycles. The Morgan fingerprint density at radius 2 is 1.95 bits per heavy atom. The normalized spacial score (nSPS) is 16.3. The van der Waals surface area contributed by atoms with Gasteiger partial charge in [0.1, 0.15) is 11.6 Å². The molecule has 4 aromatic rings. The molecule has 3 heterocycles. The van der Waals surface area contributed by atoms with Crippen molar-refractivity contribution < 1.29 is 21.9 Å². The minimum absolute atomic E-state index is 0.199. The van der Waals surface area contributed by atoms with Gasteiger partial charge in [0.05, 0.1) is 28.9 Å². The van der Waals surface area contributed by atoms with Crippen LogP contribution >= 0.6 is 0 Å². The zero-order chi connectivity index (χ0) is 29.0. The lowest BCUT2D eigenvalue weighted by Crippen LogP contribution is -2.38. The number of ether oxygens (including phenoxy) is 1. The largest absolute Gasteiger partial charge is 0.437 e. The van der Waals surface area contributed by atoms with Crippen molar-refractivity contribution in [1.29, 1.82) is 0 Å². The molecule has 2 atom stereocenters. The average Bonchev–Trinajstić information content (AvgIpc) is 2.96. The van der Waals surface area contributed by atoms with Crippen molar-refractivity contribution >= 4 is 32.4 Å². The Morgan fingerprint density at radius 1 is 1.12 bits per heavy atom.